The number of benzene rings is 1. The first-order valence-corrected chi connectivity index (χ1v) is 7.45. The van der Waals surface area contributed by atoms with E-state index in [0.717, 1.165) is 24.1 Å². The standard InChI is InChI=1S/C15H19BrFNO/c1-4-5-18-8-14-15(9(2)3)10-6-11(16)12(17)7-13(10)19-14/h6-7,9,18H,4-5,8H2,1-3H3. The van der Waals surface area contributed by atoms with Crippen molar-refractivity contribution in [3.8, 4) is 0 Å². The summed E-state index contributed by atoms with van der Waals surface area (Å²) in [5, 5.41) is 4.33. The van der Waals surface area contributed by atoms with Crippen LogP contribution in [0.2, 0.25) is 0 Å². The molecule has 0 aliphatic rings. The molecule has 2 rings (SSSR count). The monoisotopic (exact) mass is 327 g/mol. The molecule has 1 heterocycles. The molecule has 19 heavy (non-hydrogen) atoms. The molecule has 1 N–H and O–H groups in total. The van der Waals surface area contributed by atoms with Crippen molar-refractivity contribution in [2.75, 3.05) is 6.54 Å². The number of nitrogens with one attached hydrogen (secondary N) is 1. The third-order valence-corrected chi connectivity index (χ3v) is 3.74. The van der Waals surface area contributed by atoms with Crippen LogP contribution in [0.4, 0.5) is 4.39 Å². The van der Waals surface area contributed by atoms with Crippen molar-refractivity contribution in [1.29, 1.82) is 0 Å². The van der Waals surface area contributed by atoms with Crippen LogP contribution in [-0.4, -0.2) is 6.54 Å². The van der Waals surface area contributed by atoms with E-state index in [9.17, 15) is 4.39 Å². The summed E-state index contributed by atoms with van der Waals surface area (Å²) in [6.45, 7) is 8.03. The second-order valence-corrected chi connectivity index (χ2v) is 5.89. The summed E-state index contributed by atoms with van der Waals surface area (Å²) in [5.74, 6) is 0.970. The van der Waals surface area contributed by atoms with E-state index >= 15 is 0 Å². The first kappa shape index (κ1) is 14.5. The van der Waals surface area contributed by atoms with Crippen LogP contribution in [-0.2, 0) is 6.54 Å². The molecule has 4 heteroatoms. The average molecular weight is 328 g/mol. The van der Waals surface area contributed by atoms with E-state index in [1.54, 1.807) is 0 Å². The zero-order valence-corrected chi connectivity index (χ0v) is 13.1. The second-order valence-electron chi connectivity index (χ2n) is 5.03. The molecule has 104 valence electrons. The van der Waals surface area contributed by atoms with Crippen molar-refractivity contribution in [2.24, 2.45) is 0 Å². The zero-order valence-electron chi connectivity index (χ0n) is 11.5. The Balaban J connectivity index is 2.47. The van der Waals surface area contributed by atoms with Gasteiger partial charge in [-0.1, -0.05) is 20.8 Å². The smallest absolute Gasteiger partial charge is 0.141 e. The highest BCUT2D eigenvalue weighted by Crippen LogP contribution is 2.34. The van der Waals surface area contributed by atoms with Crippen molar-refractivity contribution in [1.82, 2.24) is 5.32 Å². The number of rotatable bonds is 5. The molecule has 2 nitrogen and oxygen atoms in total. The molecule has 1 aromatic heterocycles. The Labute approximate surface area is 121 Å². The topological polar surface area (TPSA) is 25.2 Å². The van der Waals surface area contributed by atoms with Crippen LogP contribution in [0.15, 0.2) is 21.0 Å². The Morgan fingerprint density at radius 2 is 2.11 bits per heavy atom. The van der Waals surface area contributed by atoms with E-state index in [2.05, 4.69) is 42.0 Å². The van der Waals surface area contributed by atoms with E-state index in [1.165, 1.54) is 11.6 Å². The van der Waals surface area contributed by atoms with Crippen molar-refractivity contribution >= 4 is 26.9 Å². The molecule has 2 aromatic rings. The molecular formula is C15H19BrFNO. The van der Waals surface area contributed by atoms with Gasteiger partial charge < -0.3 is 9.73 Å². The molecule has 0 saturated carbocycles. The molecule has 0 amide bonds. The first-order valence-electron chi connectivity index (χ1n) is 6.65. The van der Waals surface area contributed by atoms with Gasteiger partial charge in [0.2, 0.25) is 0 Å². The van der Waals surface area contributed by atoms with E-state index in [4.69, 9.17) is 4.42 Å². The minimum Gasteiger partial charge on any atom is -0.459 e. The van der Waals surface area contributed by atoms with Gasteiger partial charge in [-0.25, -0.2) is 4.39 Å². The van der Waals surface area contributed by atoms with Crippen molar-refractivity contribution in [2.45, 2.75) is 39.7 Å². The quantitative estimate of drug-likeness (QED) is 0.785. The fourth-order valence-electron chi connectivity index (χ4n) is 2.30. The predicted molar refractivity (Wildman–Crippen MR) is 80.0 cm³/mol. The number of halogens is 2. The summed E-state index contributed by atoms with van der Waals surface area (Å²) in [6, 6.07) is 3.27. The van der Waals surface area contributed by atoms with Gasteiger partial charge in [0, 0.05) is 17.0 Å². The maximum absolute atomic E-state index is 13.6. The fourth-order valence-corrected chi connectivity index (χ4v) is 2.65. The van der Waals surface area contributed by atoms with Crippen LogP contribution < -0.4 is 5.32 Å². The third kappa shape index (κ3) is 3.00. The second kappa shape index (κ2) is 6.06. The van der Waals surface area contributed by atoms with Crippen molar-refractivity contribution in [3.63, 3.8) is 0 Å². The Morgan fingerprint density at radius 3 is 2.74 bits per heavy atom. The van der Waals surface area contributed by atoms with Gasteiger partial charge >= 0.3 is 0 Å². The minimum absolute atomic E-state index is 0.287. The fraction of sp³-hybridized carbons (Fsp3) is 0.467. The van der Waals surface area contributed by atoms with Crippen LogP contribution in [0.3, 0.4) is 0 Å². The molecule has 1 aromatic carbocycles. The highest BCUT2D eigenvalue weighted by atomic mass is 79.9. The maximum atomic E-state index is 13.6. The highest BCUT2D eigenvalue weighted by molar-refractivity contribution is 9.10. The average Bonchev–Trinajstić information content (AvgIpc) is 2.68. The molecule has 0 aliphatic carbocycles. The van der Waals surface area contributed by atoms with Gasteiger partial charge in [0.25, 0.3) is 0 Å². The zero-order chi connectivity index (χ0) is 14.0. The van der Waals surface area contributed by atoms with Crippen molar-refractivity contribution < 1.29 is 8.81 Å². The van der Waals surface area contributed by atoms with Crippen LogP contribution in [0.5, 0.6) is 0 Å². The SMILES string of the molecule is CCCNCc1oc2cc(F)c(Br)cc2c1C(C)C. The summed E-state index contributed by atoms with van der Waals surface area (Å²) in [7, 11) is 0. The van der Waals surface area contributed by atoms with Gasteiger partial charge in [-0.2, -0.15) is 0 Å². The molecule has 0 bridgehead atoms. The lowest BCUT2D eigenvalue weighted by Gasteiger charge is -2.07. The normalized spacial score (nSPS) is 11.7. The highest BCUT2D eigenvalue weighted by Gasteiger charge is 2.18. The third-order valence-electron chi connectivity index (χ3n) is 3.14. The maximum Gasteiger partial charge on any atom is 0.141 e. The molecule has 0 spiro atoms. The number of fused-ring (bicyclic) bond motifs is 1. The van der Waals surface area contributed by atoms with Crippen molar-refractivity contribution in [3.05, 3.63) is 33.7 Å². The number of hydrogen-bond donors (Lipinski definition) is 1. The summed E-state index contributed by atoms with van der Waals surface area (Å²) < 4.78 is 19.9. The molecule has 0 fully saturated rings. The van der Waals surface area contributed by atoms with Crippen LogP contribution >= 0.6 is 15.9 Å². The molecule has 0 aliphatic heterocycles. The summed E-state index contributed by atoms with van der Waals surface area (Å²) >= 11 is 3.24. The molecule has 0 unspecified atom stereocenters. The predicted octanol–water partition coefficient (Wildman–Crippen LogP) is 4.96. The van der Waals surface area contributed by atoms with Crippen LogP contribution in [0.1, 0.15) is 44.4 Å². The molecular weight excluding hydrogens is 309 g/mol. The Morgan fingerprint density at radius 1 is 1.37 bits per heavy atom. The molecule has 0 atom stereocenters. The van der Waals surface area contributed by atoms with Gasteiger partial charge in [-0.15, -0.1) is 0 Å². The number of hydrogen-bond acceptors (Lipinski definition) is 2. The van der Waals surface area contributed by atoms with Gasteiger partial charge in [-0.05, 0) is 40.9 Å². The summed E-state index contributed by atoms with van der Waals surface area (Å²) in [6.07, 6.45) is 1.08. The van der Waals surface area contributed by atoms with Gasteiger partial charge in [0.1, 0.15) is 17.2 Å². The van der Waals surface area contributed by atoms with E-state index in [1.807, 2.05) is 6.07 Å². The summed E-state index contributed by atoms with van der Waals surface area (Å²) in [4.78, 5) is 0. The van der Waals surface area contributed by atoms with Gasteiger partial charge in [0.05, 0.1) is 11.0 Å². The molecule has 0 saturated heterocycles. The Hall–Kier alpha value is -0.870. The largest absolute Gasteiger partial charge is 0.459 e. The van der Waals surface area contributed by atoms with Crippen LogP contribution in [0, 0.1) is 5.82 Å². The molecule has 0 radical (unpaired) electrons. The van der Waals surface area contributed by atoms with E-state index in [-0.39, 0.29) is 5.82 Å². The van der Waals surface area contributed by atoms with Gasteiger partial charge in [-0.3, -0.25) is 0 Å². The Kier molecular flexibility index (Phi) is 4.63. The lowest BCUT2D eigenvalue weighted by molar-refractivity contribution is 0.502. The lowest BCUT2D eigenvalue weighted by atomic mass is 9.99. The summed E-state index contributed by atoms with van der Waals surface area (Å²) in [5.41, 5.74) is 1.79. The van der Waals surface area contributed by atoms with Crippen LogP contribution in [0.25, 0.3) is 11.0 Å². The van der Waals surface area contributed by atoms with E-state index in [0.29, 0.717) is 22.5 Å². The first-order chi connectivity index (χ1) is 9.04. The Bertz CT molecular complexity index is 577. The lowest BCUT2D eigenvalue weighted by Crippen LogP contribution is -2.14. The van der Waals surface area contributed by atoms with E-state index < -0.39 is 0 Å². The van der Waals surface area contributed by atoms with Gasteiger partial charge in [0.15, 0.2) is 0 Å². The minimum atomic E-state index is -0.287. The number of furan rings is 1.